The van der Waals surface area contributed by atoms with E-state index >= 15 is 0 Å². The zero-order valence-electron chi connectivity index (χ0n) is 18.6. The summed E-state index contributed by atoms with van der Waals surface area (Å²) < 4.78 is 0. The molecule has 0 aromatic heterocycles. The summed E-state index contributed by atoms with van der Waals surface area (Å²) in [5.74, 6) is -0.600. The van der Waals surface area contributed by atoms with E-state index < -0.39 is 24.0 Å². The van der Waals surface area contributed by atoms with Crippen LogP contribution in [0.3, 0.4) is 0 Å². The lowest BCUT2D eigenvalue weighted by Gasteiger charge is -2.30. The predicted molar refractivity (Wildman–Crippen MR) is 109 cm³/mol. The first kappa shape index (κ1) is 25.9. The van der Waals surface area contributed by atoms with Gasteiger partial charge in [0.05, 0.1) is 0 Å². The molecule has 0 heterocycles. The quantitative estimate of drug-likeness (QED) is 0.483. The molecule has 0 fully saturated rings. The van der Waals surface area contributed by atoms with Gasteiger partial charge in [0, 0.05) is 20.5 Å². The molecule has 0 aliphatic rings. The number of likely N-dealkylation sites (N-methyl/N-ethyl adjacent to an activating group) is 2. The molecule has 0 aromatic carbocycles. The van der Waals surface area contributed by atoms with Gasteiger partial charge in [0.15, 0.2) is 0 Å². The summed E-state index contributed by atoms with van der Waals surface area (Å²) in [7, 11) is 3.09. The maximum absolute atomic E-state index is 12.7. The van der Waals surface area contributed by atoms with Crippen LogP contribution in [-0.2, 0) is 19.2 Å². The number of nitrogens with zero attached hydrogens (tertiary/aromatic N) is 1. The Morgan fingerprint density at radius 1 is 0.821 bits per heavy atom. The van der Waals surface area contributed by atoms with Crippen molar-refractivity contribution in [1.29, 1.82) is 0 Å². The topological polar surface area (TPSA) is 108 Å². The molecule has 0 unspecified atom stereocenters. The molecule has 3 N–H and O–H groups in total. The van der Waals surface area contributed by atoms with E-state index in [4.69, 9.17) is 0 Å². The van der Waals surface area contributed by atoms with Gasteiger partial charge in [0.2, 0.25) is 23.6 Å². The van der Waals surface area contributed by atoms with E-state index in [1.807, 2.05) is 27.7 Å². The van der Waals surface area contributed by atoms with Crippen molar-refractivity contribution >= 4 is 23.6 Å². The predicted octanol–water partition coefficient (Wildman–Crippen LogP) is 1.05. The average molecular weight is 399 g/mol. The Morgan fingerprint density at radius 2 is 1.39 bits per heavy atom. The van der Waals surface area contributed by atoms with E-state index in [0.29, 0.717) is 18.8 Å². The third-order valence-electron chi connectivity index (χ3n) is 4.51. The summed E-state index contributed by atoms with van der Waals surface area (Å²) in [4.78, 5) is 50.4. The smallest absolute Gasteiger partial charge is 0.245 e. The molecule has 28 heavy (non-hydrogen) atoms. The molecule has 0 saturated heterocycles. The van der Waals surface area contributed by atoms with E-state index in [1.165, 1.54) is 11.9 Å². The molecule has 0 aromatic rings. The molecule has 0 saturated carbocycles. The van der Waals surface area contributed by atoms with Gasteiger partial charge in [-0.25, -0.2) is 0 Å². The van der Waals surface area contributed by atoms with Crippen LogP contribution in [0.15, 0.2) is 0 Å². The van der Waals surface area contributed by atoms with Gasteiger partial charge in [-0.3, -0.25) is 19.2 Å². The second-order valence-corrected chi connectivity index (χ2v) is 8.16. The SMILES string of the molecule is CNC(=O)[C@H](CC(C)C)N(C)C(=O)[C@H](C)NC(=O)[C@@H](C)NC(=O)CCC(C)C. The summed E-state index contributed by atoms with van der Waals surface area (Å²) in [5.41, 5.74) is 0. The molecule has 0 rings (SSSR count). The zero-order valence-corrected chi connectivity index (χ0v) is 18.6. The Kier molecular flexibility index (Phi) is 11.4. The van der Waals surface area contributed by atoms with E-state index in [2.05, 4.69) is 16.0 Å². The third kappa shape index (κ3) is 9.19. The molecule has 0 radical (unpaired) electrons. The number of carbonyl (C=O) groups is 4. The largest absolute Gasteiger partial charge is 0.357 e. The Morgan fingerprint density at radius 3 is 1.86 bits per heavy atom. The number of carbonyl (C=O) groups excluding carboxylic acids is 4. The number of amides is 4. The molecule has 162 valence electrons. The van der Waals surface area contributed by atoms with Crippen LogP contribution in [0, 0.1) is 11.8 Å². The maximum atomic E-state index is 12.7. The van der Waals surface area contributed by atoms with Gasteiger partial charge in [-0.2, -0.15) is 0 Å². The van der Waals surface area contributed by atoms with Crippen molar-refractivity contribution in [2.45, 2.75) is 78.9 Å². The van der Waals surface area contributed by atoms with Crippen molar-refractivity contribution in [1.82, 2.24) is 20.9 Å². The van der Waals surface area contributed by atoms with E-state index in [-0.39, 0.29) is 23.6 Å². The van der Waals surface area contributed by atoms with E-state index in [9.17, 15) is 19.2 Å². The van der Waals surface area contributed by atoms with Crippen LogP contribution in [0.5, 0.6) is 0 Å². The lowest BCUT2D eigenvalue weighted by molar-refractivity contribution is -0.142. The van der Waals surface area contributed by atoms with Crippen LogP contribution in [-0.4, -0.2) is 60.7 Å². The van der Waals surface area contributed by atoms with Crippen LogP contribution in [0.25, 0.3) is 0 Å². The normalized spacial score (nSPS) is 14.2. The fourth-order valence-corrected chi connectivity index (χ4v) is 2.71. The van der Waals surface area contributed by atoms with Gasteiger partial charge in [0.25, 0.3) is 0 Å². The Bertz CT molecular complexity index is 548. The Balaban J connectivity index is 4.82. The highest BCUT2D eigenvalue weighted by atomic mass is 16.2. The van der Waals surface area contributed by atoms with Crippen LogP contribution >= 0.6 is 0 Å². The fourth-order valence-electron chi connectivity index (χ4n) is 2.71. The second kappa shape index (κ2) is 12.4. The first-order chi connectivity index (χ1) is 12.9. The lowest BCUT2D eigenvalue weighted by atomic mass is 10.0. The summed E-state index contributed by atoms with van der Waals surface area (Å²) in [6, 6.07) is -2.16. The molecular weight excluding hydrogens is 360 g/mol. The van der Waals surface area contributed by atoms with Crippen molar-refractivity contribution in [2.24, 2.45) is 11.8 Å². The summed E-state index contributed by atoms with van der Waals surface area (Å²) >= 11 is 0. The van der Waals surface area contributed by atoms with Crippen LogP contribution in [0.1, 0.15) is 60.8 Å². The molecule has 0 aliphatic heterocycles. The Labute approximate surface area is 169 Å². The lowest BCUT2D eigenvalue weighted by Crippen LogP contribution is -2.55. The first-order valence-corrected chi connectivity index (χ1v) is 9.98. The van der Waals surface area contributed by atoms with Crippen molar-refractivity contribution in [3.63, 3.8) is 0 Å². The van der Waals surface area contributed by atoms with Gasteiger partial charge >= 0.3 is 0 Å². The molecule has 0 aliphatic carbocycles. The maximum Gasteiger partial charge on any atom is 0.245 e. The third-order valence-corrected chi connectivity index (χ3v) is 4.51. The standard InChI is InChI=1S/C20H38N4O4/c1-12(2)9-10-17(25)22-14(5)18(26)23-15(6)20(28)24(8)16(11-13(3)4)19(27)21-7/h12-16H,9-11H2,1-8H3,(H,21,27)(H,22,25)(H,23,26)/t14-,15+,16+/m1/s1. The van der Waals surface area contributed by atoms with Crippen molar-refractivity contribution in [3.8, 4) is 0 Å². The molecule has 0 spiro atoms. The van der Waals surface area contributed by atoms with Crippen molar-refractivity contribution in [3.05, 3.63) is 0 Å². The summed E-state index contributed by atoms with van der Waals surface area (Å²) in [6.45, 7) is 11.2. The van der Waals surface area contributed by atoms with Crippen molar-refractivity contribution in [2.75, 3.05) is 14.1 Å². The van der Waals surface area contributed by atoms with Gasteiger partial charge in [-0.05, 0) is 38.5 Å². The van der Waals surface area contributed by atoms with Gasteiger partial charge < -0.3 is 20.9 Å². The van der Waals surface area contributed by atoms with Crippen LogP contribution in [0.4, 0.5) is 0 Å². The molecule has 8 heteroatoms. The van der Waals surface area contributed by atoms with Gasteiger partial charge in [-0.15, -0.1) is 0 Å². The Hall–Kier alpha value is -2.12. The number of rotatable bonds is 11. The van der Waals surface area contributed by atoms with Crippen LogP contribution < -0.4 is 16.0 Å². The summed E-state index contributed by atoms with van der Waals surface area (Å²) in [6.07, 6.45) is 1.62. The number of nitrogens with one attached hydrogen (secondary N) is 3. The number of hydrogen-bond acceptors (Lipinski definition) is 4. The van der Waals surface area contributed by atoms with Gasteiger partial charge in [0.1, 0.15) is 18.1 Å². The highest BCUT2D eigenvalue weighted by molar-refractivity contribution is 5.93. The van der Waals surface area contributed by atoms with Crippen LogP contribution in [0.2, 0.25) is 0 Å². The van der Waals surface area contributed by atoms with E-state index in [0.717, 1.165) is 6.42 Å². The monoisotopic (exact) mass is 398 g/mol. The zero-order chi connectivity index (χ0) is 22.0. The minimum absolute atomic E-state index is 0.191. The van der Waals surface area contributed by atoms with Crippen molar-refractivity contribution < 1.29 is 19.2 Å². The molecule has 8 nitrogen and oxygen atoms in total. The molecule has 4 amide bonds. The fraction of sp³-hybridized carbons (Fsp3) is 0.800. The minimum atomic E-state index is -0.813. The average Bonchev–Trinajstić information content (AvgIpc) is 2.62. The molecule has 0 bridgehead atoms. The highest BCUT2D eigenvalue weighted by Crippen LogP contribution is 2.12. The van der Waals surface area contributed by atoms with Gasteiger partial charge in [-0.1, -0.05) is 27.7 Å². The number of hydrogen-bond donors (Lipinski definition) is 3. The highest BCUT2D eigenvalue weighted by Gasteiger charge is 2.30. The first-order valence-electron chi connectivity index (χ1n) is 9.98. The minimum Gasteiger partial charge on any atom is -0.357 e. The second-order valence-electron chi connectivity index (χ2n) is 8.16. The molecular formula is C20H38N4O4. The molecule has 3 atom stereocenters. The summed E-state index contributed by atoms with van der Waals surface area (Å²) in [5, 5.41) is 7.84. The van der Waals surface area contributed by atoms with E-state index in [1.54, 1.807) is 20.9 Å².